The zero-order valence-electron chi connectivity index (χ0n) is 25.7. The first-order chi connectivity index (χ1) is 22.4. The molecule has 0 unspecified atom stereocenters. The van der Waals surface area contributed by atoms with Gasteiger partial charge in [0.05, 0.1) is 35.3 Å². The Hall–Kier alpha value is -5.82. The first kappa shape index (κ1) is 37.4. The summed E-state index contributed by atoms with van der Waals surface area (Å²) in [5.41, 5.74) is 13.4. The van der Waals surface area contributed by atoms with E-state index in [4.69, 9.17) is 36.3 Å². The largest absolute Gasteiger partial charge is 0.398 e. The lowest BCUT2D eigenvalue weighted by atomic mass is 10.2. The van der Waals surface area contributed by atoms with Crippen LogP contribution >= 0.6 is 0 Å². The molecular weight excluding hydrogens is 609 g/mol. The van der Waals surface area contributed by atoms with E-state index in [0.717, 1.165) is 30.7 Å². The van der Waals surface area contributed by atoms with Crippen LogP contribution in [0.4, 0.5) is 49.9 Å². The molecule has 3 fully saturated rings. The van der Waals surface area contributed by atoms with Crippen molar-refractivity contribution in [2.24, 2.45) is 5.73 Å². The van der Waals surface area contributed by atoms with E-state index in [2.05, 4.69) is 25.2 Å². The molecule has 0 bridgehead atoms. The van der Waals surface area contributed by atoms with E-state index in [1.165, 1.54) is 37.8 Å². The summed E-state index contributed by atoms with van der Waals surface area (Å²) in [6.45, 7) is 22.1. The second-order valence-electron chi connectivity index (χ2n) is 10.4. The molecule has 15 heteroatoms. The number of benzene rings is 3. The van der Waals surface area contributed by atoms with Crippen LogP contribution in [0.5, 0.6) is 0 Å². The zero-order valence-corrected chi connectivity index (χ0v) is 25.7. The van der Waals surface area contributed by atoms with Crippen LogP contribution in [0.15, 0.2) is 54.6 Å². The number of nitrogen functional groups attached to an aromatic ring is 1. The number of aliphatic hydroxyl groups excluding tert-OH is 1. The lowest BCUT2D eigenvalue weighted by Gasteiger charge is -2.07. The maximum atomic E-state index is 12.6. The maximum Gasteiger partial charge on any atom is 0.294 e. The number of aliphatic hydroxyl groups is 1. The van der Waals surface area contributed by atoms with Gasteiger partial charge in [-0.3, -0.25) is 20.2 Å². The Morgan fingerprint density at radius 1 is 0.787 bits per heavy atom. The molecule has 246 valence electrons. The number of nitro benzene ring substituents is 2. The smallest absolute Gasteiger partial charge is 0.294 e. The van der Waals surface area contributed by atoms with Crippen LogP contribution in [-0.4, -0.2) is 39.7 Å². The van der Waals surface area contributed by atoms with Gasteiger partial charge in [0, 0.05) is 42.6 Å². The number of nitrogens with zero attached hydrogens (tertiary/aromatic N) is 5. The molecular formula is C32H36FN9O5. The average molecular weight is 646 g/mol. The fraction of sp³-hybridized carbons (Fsp3) is 0.344. The third-order valence-electron chi connectivity index (χ3n) is 6.22. The van der Waals surface area contributed by atoms with E-state index in [1.807, 2.05) is 6.07 Å². The maximum absolute atomic E-state index is 12.6. The van der Waals surface area contributed by atoms with Crippen LogP contribution in [0.1, 0.15) is 45.4 Å². The normalized spacial score (nSPS) is 13.6. The van der Waals surface area contributed by atoms with Gasteiger partial charge in [0.15, 0.2) is 22.9 Å². The van der Waals surface area contributed by atoms with Crippen molar-refractivity contribution in [2.75, 3.05) is 23.0 Å². The highest BCUT2D eigenvalue weighted by atomic mass is 19.1. The van der Waals surface area contributed by atoms with Gasteiger partial charge in [0.2, 0.25) is 0 Å². The number of rotatable bonds is 6. The van der Waals surface area contributed by atoms with Gasteiger partial charge in [-0.25, -0.2) is 14.5 Å². The SMILES string of the molecule is CCO.NC1CC1.[C-]#[N+]c1ccc(F)c([N+](=O)[O-])c1.[C-]#[N+]c1ccc(NC2CC2)c(N)c1.[C-]#[N+]c1ccc(NC2CC2)c([N+](=O)[O-])c1. The average Bonchev–Trinajstić information content (AvgIpc) is 3.90. The van der Waals surface area contributed by atoms with Crippen molar-refractivity contribution in [3.63, 3.8) is 0 Å². The van der Waals surface area contributed by atoms with Gasteiger partial charge >= 0.3 is 0 Å². The van der Waals surface area contributed by atoms with Crippen molar-refractivity contribution in [2.45, 2.75) is 63.6 Å². The molecule has 3 aromatic carbocycles. The van der Waals surface area contributed by atoms with Crippen LogP contribution in [0.2, 0.25) is 0 Å². The second kappa shape index (κ2) is 18.9. The van der Waals surface area contributed by atoms with E-state index in [9.17, 15) is 24.6 Å². The van der Waals surface area contributed by atoms with Crippen molar-refractivity contribution < 1.29 is 19.3 Å². The first-order valence-electron chi connectivity index (χ1n) is 14.6. The van der Waals surface area contributed by atoms with Crippen LogP contribution in [0.25, 0.3) is 14.5 Å². The summed E-state index contributed by atoms with van der Waals surface area (Å²) in [5.74, 6) is -0.924. The molecule has 0 aromatic heterocycles. The number of anilines is 3. The van der Waals surface area contributed by atoms with Gasteiger partial charge in [-0.2, -0.15) is 4.39 Å². The lowest BCUT2D eigenvalue weighted by Crippen LogP contribution is -2.03. The highest BCUT2D eigenvalue weighted by molar-refractivity contribution is 5.72. The van der Waals surface area contributed by atoms with E-state index in [0.29, 0.717) is 40.9 Å². The molecule has 0 spiro atoms. The van der Waals surface area contributed by atoms with Crippen molar-refractivity contribution in [1.29, 1.82) is 0 Å². The first-order valence-corrected chi connectivity index (χ1v) is 14.6. The van der Waals surface area contributed by atoms with Crippen LogP contribution in [-0.2, 0) is 0 Å². The van der Waals surface area contributed by atoms with Gasteiger partial charge in [-0.15, -0.1) is 0 Å². The molecule has 0 saturated heterocycles. The zero-order chi connectivity index (χ0) is 34.9. The molecule has 0 aliphatic heterocycles. The topological polar surface area (TPSA) is 196 Å². The van der Waals surface area contributed by atoms with E-state index in [-0.39, 0.29) is 18.0 Å². The predicted octanol–water partition coefficient (Wildman–Crippen LogP) is 7.50. The Bertz CT molecular complexity index is 1650. The number of halogens is 1. The Morgan fingerprint density at radius 2 is 1.17 bits per heavy atom. The molecule has 7 N–H and O–H groups in total. The number of nitrogens with one attached hydrogen (secondary N) is 2. The van der Waals surface area contributed by atoms with Gasteiger partial charge in [-0.05, 0) is 69.7 Å². The van der Waals surface area contributed by atoms with Crippen LogP contribution in [0, 0.1) is 45.8 Å². The molecule has 0 amide bonds. The molecule has 47 heavy (non-hydrogen) atoms. The van der Waals surface area contributed by atoms with Crippen LogP contribution in [0.3, 0.4) is 0 Å². The van der Waals surface area contributed by atoms with Crippen LogP contribution < -0.4 is 22.1 Å². The fourth-order valence-electron chi connectivity index (χ4n) is 3.32. The van der Waals surface area contributed by atoms with E-state index < -0.39 is 21.4 Å². The molecule has 3 aliphatic rings. The van der Waals surface area contributed by atoms with Gasteiger partial charge in [-0.1, -0.05) is 18.2 Å². The van der Waals surface area contributed by atoms with E-state index >= 15 is 0 Å². The number of nitro groups is 2. The molecule has 0 radical (unpaired) electrons. The molecule has 3 aliphatic carbocycles. The molecule has 3 aromatic rings. The summed E-state index contributed by atoms with van der Waals surface area (Å²) >= 11 is 0. The molecule has 3 saturated carbocycles. The van der Waals surface area contributed by atoms with Crippen molar-refractivity contribution in [1.82, 2.24) is 0 Å². The lowest BCUT2D eigenvalue weighted by molar-refractivity contribution is -0.387. The van der Waals surface area contributed by atoms with Crippen molar-refractivity contribution in [3.05, 3.63) is 115 Å². The highest BCUT2D eigenvalue weighted by Gasteiger charge is 2.25. The third-order valence-corrected chi connectivity index (χ3v) is 6.22. The number of nitrogens with two attached hydrogens (primary N) is 2. The second-order valence-corrected chi connectivity index (χ2v) is 10.4. The molecule has 14 nitrogen and oxygen atoms in total. The summed E-state index contributed by atoms with van der Waals surface area (Å²) in [4.78, 5) is 29.0. The van der Waals surface area contributed by atoms with Gasteiger partial charge in [0.25, 0.3) is 11.4 Å². The predicted molar refractivity (Wildman–Crippen MR) is 179 cm³/mol. The summed E-state index contributed by atoms with van der Waals surface area (Å²) in [6.07, 6.45) is 7.09. The monoisotopic (exact) mass is 645 g/mol. The Balaban J connectivity index is 0.000000223. The molecule has 6 rings (SSSR count). The summed E-state index contributed by atoms with van der Waals surface area (Å²) in [5, 5.41) is 34.9. The van der Waals surface area contributed by atoms with Gasteiger partial charge in [0.1, 0.15) is 5.69 Å². The number of hydrogen-bond acceptors (Lipinski definition) is 9. The van der Waals surface area contributed by atoms with Crippen molar-refractivity contribution in [3.8, 4) is 0 Å². The quantitative estimate of drug-likeness (QED) is 0.0780. The van der Waals surface area contributed by atoms with Crippen molar-refractivity contribution >= 4 is 45.5 Å². The minimum Gasteiger partial charge on any atom is -0.398 e. The number of hydrogen-bond donors (Lipinski definition) is 5. The fourth-order valence-corrected chi connectivity index (χ4v) is 3.32. The summed E-state index contributed by atoms with van der Waals surface area (Å²) in [7, 11) is 0. The Kier molecular flexibility index (Phi) is 15.0. The van der Waals surface area contributed by atoms with Gasteiger partial charge < -0.3 is 27.2 Å². The minimum atomic E-state index is -0.924. The standard InChI is InChI=1S/C10H9N3O2.C10H11N3.C7H3FN2O2.C3H7N.C2H6O/c1-11-8-4-5-9(12-7-2-3-7)10(6-8)13(14)15;1-12-8-4-5-10(9(11)6-8)13-7-2-3-7;1-9-5-2-3-6(8)7(4-5)10(11)12;4-3-1-2-3;1-2-3/h4-7,12H,2-3H2;4-7,13H,2-3,11H2;2-4H;3H,1-2,4H2;3H,2H2,1H3. The Labute approximate surface area is 272 Å². The highest BCUT2D eigenvalue weighted by Crippen LogP contribution is 2.33. The molecule has 0 atom stereocenters. The molecule has 0 heterocycles. The Morgan fingerprint density at radius 3 is 1.55 bits per heavy atom. The third kappa shape index (κ3) is 14.2. The van der Waals surface area contributed by atoms with E-state index in [1.54, 1.807) is 31.2 Å². The summed E-state index contributed by atoms with van der Waals surface area (Å²) < 4.78 is 12.6. The minimum absolute atomic E-state index is 0.0181. The summed E-state index contributed by atoms with van der Waals surface area (Å²) in [6, 6.07) is 14.4.